The second kappa shape index (κ2) is 6.29. The van der Waals surface area contributed by atoms with Crippen LogP contribution in [0.5, 0.6) is 0 Å². The van der Waals surface area contributed by atoms with Gasteiger partial charge in [0.1, 0.15) is 0 Å². The number of nitrogens with zero attached hydrogens (tertiary/aromatic N) is 1. The van der Waals surface area contributed by atoms with Crippen LogP contribution in [0.3, 0.4) is 0 Å². The van der Waals surface area contributed by atoms with E-state index in [1.807, 2.05) is 0 Å². The fraction of sp³-hybridized carbons (Fsp3) is 1.00. The van der Waals surface area contributed by atoms with Crippen LogP contribution in [-0.2, 0) is 0 Å². The van der Waals surface area contributed by atoms with E-state index in [2.05, 4.69) is 18.7 Å². The van der Waals surface area contributed by atoms with Gasteiger partial charge in [-0.25, -0.2) is 0 Å². The van der Waals surface area contributed by atoms with Gasteiger partial charge in [-0.15, -0.1) is 24.8 Å². The number of hydrogen-bond acceptors (Lipinski definition) is 2. The number of piperidine rings is 2. The number of halogens is 2. The van der Waals surface area contributed by atoms with E-state index in [-0.39, 0.29) is 24.8 Å². The van der Waals surface area contributed by atoms with Crippen molar-refractivity contribution in [1.82, 2.24) is 4.90 Å². The summed E-state index contributed by atoms with van der Waals surface area (Å²) in [6.45, 7) is 4.64. The zero-order valence-electron chi connectivity index (χ0n) is 9.69. The van der Waals surface area contributed by atoms with Crippen LogP contribution in [0.2, 0.25) is 0 Å². The molecular weight excluding hydrogens is 231 g/mol. The van der Waals surface area contributed by atoms with Gasteiger partial charge in [-0.1, -0.05) is 6.42 Å². The Morgan fingerprint density at radius 1 is 1.07 bits per heavy atom. The van der Waals surface area contributed by atoms with Gasteiger partial charge in [-0.05, 0) is 39.5 Å². The zero-order chi connectivity index (χ0) is 9.42. The molecule has 0 spiro atoms. The molecule has 0 amide bonds. The van der Waals surface area contributed by atoms with Gasteiger partial charge < -0.3 is 5.73 Å². The minimum atomic E-state index is 0. The highest BCUT2D eigenvalue weighted by Gasteiger charge is 2.37. The maximum Gasteiger partial charge on any atom is 0.0116 e. The molecule has 2 aliphatic heterocycles. The van der Waals surface area contributed by atoms with Gasteiger partial charge >= 0.3 is 0 Å². The van der Waals surface area contributed by atoms with Crippen LogP contribution in [0.4, 0.5) is 0 Å². The predicted molar refractivity (Wildman–Crippen MR) is 70.1 cm³/mol. The molecule has 0 aromatic rings. The first-order valence-corrected chi connectivity index (χ1v) is 5.71. The molecule has 0 aromatic carbocycles. The number of hydrogen-bond donors (Lipinski definition) is 1. The van der Waals surface area contributed by atoms with Gasteiger partial charge in [0.05, 0.1) is 0 Å². The standard InChI is InChI=1S/C11H22N2.2ClH/c1-8(2)13-10-4-3-5-11(13)7-9(12)6-10;;/h8-11H,3-7,12H2,1-2H3;2*1H. The van der Waals surface area contributed by atoms with Crippen molar-refractivity contribution in [2.24, 2.45) is 5.73 Å². The van der Waals surface area contributed by atoms with Gasteiger partial charge in [-0.2, -0.15) is 0 Å². The highest BCUT2D eigenvalue weighted by molar-refractivity contribution is 5.85. The lowest BCUT2D eigenvalue weighted by Gasteiger charge is -2.50. The molecule has 2 atom stereocenters. The van der Waals surface area contributed by atoms with Crippen LogP contribution in [0, 0.1) is 0 Å². The third-order valence-corrected chi connectivity index (χ3v) is 3.66. The second-order valence-electron chi connectivity index (χ2n) is 5.01. The summed E-state index contributed by atoms with van der Waals surface area (Å²) in [6, 6.07) is 2.78. The molecule has 0 radical (unpaired) electrons. The summed E-state index contributed by atoms with van der Waals surface area (Å²) < 4.78 is 0. The van der Waals surface area contributed by atoms with Gasteiger partial charge in [-0.3, -0.25) is 4.90 Å². The summed E-state index contributed by atoms with van der Waals surface area (Å²) in [7, 11) is 0. The average molecular weight is 255 g/mol. The van der Waals surface area contributed by atoms with E-state index in [4.69, 9.17) is 5.73 Å². The summed E-state index contributed by atoms with van der Waals surface area (Å²) >= 11 is 0. The third kappa shape index (κ3) is 3.23. The largest absolute Gasteiger partial charge is 0.328 e. The molecule has 2 unspecified atom stereocenters. The molecule has 2 bridgehead atoms. The van der Waals surface area contributed by atoms with Crippen LogP contribution >= 0.6 is 24.8 Å². The first-order valence-electron chi connectivity index (χ1n) is 5.71. The summed E-state index contributed by atoms with van der Waals surface area (Å²) in [5, 5.41) is 0. The van der Waals surface area contributed by atoms with Crippen LogP contribution in [0.1, 0.15) is 46.0 Å². The van der Waals surface area contributed by atoms with E-state index < -0.39 is 0 Å². The highest BCUT2D eigenvalue weighted by atomic mass is 35.5. The topological polar surface area (TPSA) is 29.3 Å². The van der Waals surface area contributed by atoms with Gasteiger partial charge in [0, 0.05) is 24.2 Å². The molecule has 2 saturated heterocycles. The fourth-order valence-electron chi connectivity index (χ4n) is 3.30. The molecule has 15 heavy (non-hydrogen) atoms. The van der Waals surface area contributed by atoms with Crippen LogP contribution in [0.25, 0.3) is 0 Å². The van der Waals surface area contributed by atoms with Crippen molar-refractivity contribution < 1.29 is 0 Å². The van der Waals surface area contributed by atoms with E-state index >= 15 is 0 Å². The molecule has 2 nitrogen and oxygen atoms in total. The second-order valence-corrected chi connectivity index (χ2v) is 5.01. The Hall–Kier alpha value is 0.500. The fourth-order valence-corrected chi connectivity index (χ4v) is 3.30. The van der Waals surface area contributed by atoms with Crippen molar-refractivity contribution in [3.05, 3.63) is 0 Å². The molecule has 0 saturated carbocycles. The Morgan fingerprint density at radius 3 is 1.93 bits per heavy atom. The normalized spacial score (nSPS) is 35.6. The maximum atomic E-state index is 6.06. The summed E-state index contributed by atoms with van der Waals surface area (Å²) in [4.78, 5) is 2.72. The molecule has 4 heteroatoms. The van der Waals surface area contributed by atoms with Crippen molar-refractivity contribution in [3.63, 3.8) is 0 Å². The van der Waals surface area contributed by atoms with Gasteiger partial charge in [0.15, 0.2) is 0 Å². The predicted octanol–water partition coefficient (Wildman–Crippen LogP) is 2.58. The van der Waals surface area contributed by atoms with E-state index in [9.17, 15) is 0 Å². The van der Waals surface area contributed by atoms with Crippen molar-refractivity contribution in [2.45, 2.75) is 70.1 Å². The molecular formula is C11H24Cl2N2. The van der Waals surface area contributed by atoms with Crippen molar-refractivity contribution in [1.29, 1.82) is 0 Å². The lowest BCUT2D eigenvalue weighted by atomic mass is 9.81. The first-order chi connectivity index (χ1) is 6.18. The van der Waals surface area contributed by atoms with Crippen LogP contribution in [0.15, 0.2) is 0 Å². The molecule has 2 N–H and O–H groups in total. The Kier molecular flexibility index (Phi) is 6.50. The molecule has 2 aliphatic rings. The molecule has 2 rings (SSSR count). The van der Waals surface area contributed by atoms with Crippen molar-refractivity contribution in [2.75, 3.05) is 0 Å². The maximum absolute atomic E-state index is 6.06. The Balaban J connectivity index is 0.000000980. The summed E-state index contributed by atoms with van der Waals surface area (Å²) in [5.74, 6) is 0. The molecule has 0 aromatic heterocycles. The monoisotopic (exact) mass is 254 g/mol. The Bertz CT molecular complexity index is 173. The lowest BCUT2D eigenvalue weighted by molar-refractivity contribution is 0.00622. The number of rotatable bonds is 1. The number of fused-ring (bicyclic) bond motifs is 2. The SMILES string of the molecule is CC(C)N1C2CCCC1CC(N)C2.Cl.Cl. The van der Waals surface area contributed by atoms with Crippen LogP contribution < -0.4 is 5.73 Å². The minimum Gasteiger partial charge on any atom is -0.328 e. The lowest BCUT2D eigenvalue weighted by Crippen LogP contribution is -2.57. The average Bonchev–Trinajstić information content (AvgIpc) is 2.01. The van der Waals surface area contributed by atoms with Gasteiger partial charge in [0.2, 0.25) is 0 Å². The van der Waals surface area contributed by atoms with Gasteiger partial charge in [0.25, 0.3) is 0 Å². The zero-order valence-corrected chi connectivity index (χ0v) is 11.3. The van der Waals surface area contributed by atoms with E-state index in [0.29, 0.717) is 12.1 Å². The third-order valence-electron chi connectivity index (χ3n) is 3.66. The van der Waals surface area contributed by atoms with E-state index in [1.165, 1.54) is 32.1 Å². The number of nitrogens with two attached hydrogens (primary N) is 1. The molecule has 2 heterocycles. The van der Waals surface area contributed by atoms with Crippen molar-refractivity contribution in [3.8, 4) is 0 Å². The molecule has 92 valence electrons. The Labute approximate surface area is 106 Å². The minimum absolute atomic E-state index is 0. The molecule has 0 aliphatic carbocycles. The van der Waals surface area contributed by atoms with Crippen LogP contribution in [-0.4, -0.2) is 29.1 Å². The summed E-state index contributed by atoms with van der Waals surface area (Å²) in [5.41, 5.74) is 6.06. The first kappa shape index (κ1) is 15.5. The van der Waals surface area contributed by atoms with E-state index in [1.54, 1.807) is 0 Å². The van der Waals surface area contributed by atoms with E-state index in [0.717, 1.165) is 12.1 Å². The smallest absolute Gasteiger partial charge is 0.0116 e. The highest BCUT2D eigenvalue weighted by Crippen LogP contribution is 2.34. The van der Waals surface area contributed by atoms with Crippen molar-refractivity contribution >= 4 is 24.8 Å². The Morgan fingerprint density at radius 2 is 1.53 bits per heavy atom. The summed E-state index contributed by atoms with van der Waals surface area (Å²) in [6.07, 6.45) is 6.64. The quantitative estimate of drug-likeness (QED) is 0.780. The molecule has 2 fully saturated rings.